The van der Waals surface area contributed by atoms with Gasteiger partial charge in [-0.25, -0.2) is 0 Å². The van der Waals surface area contributed by atoms with Gasteiger partial charge in [0.15, 0.2) is 0 Å². The first-order valence-electron chi connectivity index (χ1n) is 8.51. The van der Waals surface area contributed by atoms with Crippen LogP contribution < -0.4 is 0 Å². The van der Waals surface area contributed by atoms with Crippen LogP contribution in [0.25, 0.3) is 11.1 Å². The average Bonchev–Trinajstić information content (AvgIpc) is 2.62. The van der Waals surface area contributed by atoms with Crippen molar-refractivity contribution in [2.24, 2.45) is 5.92 Å². The number of carbonyl (C=O) groups excluding carboxylic acids is 1. The molecule has 0 radical (unpaired) electrons. The van der Waals surface area contributed by atoms with Gasteiger partial charge in [-0.1, -0.05) is 29.8 Å². The van der Waals surface area contributed by atoms with Crippen LogP contribution in [0.1, 0.15) is 35.7 Å². The van der Waals surface area contributed by atoms with Crippen LogP contribution in [0, 0.1) is 12.8 Å². The van der Waals surface area contributed by atoms with Gasteiger partial charge in [0.2, 0.25) is 0 Å². The highest BCUT2D eigenvalue weighted by Gasteiger charge is 2.33. The van der Waals surface area contributed by atoms with Crippen molar-refractivity contribution in [3.63, 3.8) is 0 Å². The number of piperidine rings is 1. The molecule has 3 rings (SSSR count). The molecule has 2 atom stereocenters. The van der Waals surface area contributed by atoms with E-state index >= 15 is 0 Å². The summed E-state index contributed by atoms with van der Waals surface area (Å²) in [6.07, 6.45) is 4.61. The number of carboxylic acid groups (broad SMARTS) is 1. The molecule has 0 bridgehead atoms. The Hall–Kier alpha value is -2.69. The van der Waals surface area contributed by atoms with Crippen LogP contribution in [0.3, 0.4) is 0 Å². The number of carbonyl (C=O) groups is 2. The Bertz CT molecular complexity index is 786. The maximum atomic E-state index is 12.9. The molecule has 5 nitrogen and oxygen atoms in total. The summed E-state index contributed by atoms with van der Waals surface area (Å²) in [4.78, 5) is 30.1. The van der Waals surface area contributed by atoms with Crippen molar-refractivity contribution < 1.29 is 14.7 Å². The second kappa shape index (κ2) is 7.05. The number of hydrogen-bond donors (Lipinski definition) is 1. The molecule has 2 aromatic rings. The monoisotopic (exact) mass is 338 g/mol. The average molecular weight is 338 g/mol. The third-order valence-corrected chi connectivity index (χ3v) is 4.86. The highest BCUT2D eigenvalue weighted by molar-refractivity contribution is 5.95. The molecule has 25 heavy (non-hydrogen) atoms. The first-order valence-corrected chi connectivity index (χ1v) is 8.51. The van der Waals surface area contributed by atoms with E-state index < -0.39 is 11.9 Å². The van der Waals surface area contributed by atoms with Gasteiger partial charge in [-0.15, -0.1) is 0 Å². The predicted octanol–water partition coefficient (Wildman–Crippen LogP) is 3.38. The second-order valence-corrected chi connectivity index (χ2v) is 6.75. The fraction of sp³-hybridized carbons (Fsp3) is 0.350. The fourth-order valence-corrected chi connectivity index (χ4v) is 3.22. The Balaban J connectivity index is 1.85. The van der Waals surface area contributed by atoms with Crippen LogP contribution in [0.15, 0.2) is 42.7 Å². The van der Waals surface area contributed by atoms with Crippen molar-refractivity contribution in [2.45, 2.75) is 32.7 Å². The minimum atomic E-state index is -0.837. The van der Waals surface area contributed by atoms with E-state index in [0.29, 0.717) is 18.4 Å². The van der Waals surface area contributed by atoms with Gasteiger partial charge in [-0.3, -0.25) is 14.6 Å². The zero-order valence-electron chi connectivity index (χ0n) is 14.5. The highest BCUT2D eigenvalue weighted by atomic mass is 16.4. The second-order valence-electron chi connectivity index (χ2n) is 6.75. The molecule has 5 heteroatoms. The molecule has 1 amide bonds. The maximum absolute atomic E-state index is 12.9. The molecule has 2 heterocycles. The quantitative estimate of drug-likeness (QED) is 0.931. The standard InChI is InChI=1S/C20H22N2O3/c1-13-3-6-15(7-4-13)17-9-18(11-21-10-17)19(23)22-12-16(20(24)25)8-5-14(22)2/h3-4,6-7,9-11,14,16H,5,8,12H2,1-2H3,(H,24,25). The number of carboxylic acids is 1. The molecule has 130 valence electrons. The number of benzene rings is 1. The SMILES string of the molecule is Cc1ccc(-c2cncc(C(=O)N3CC(C(=O)O)CCC3C)c2)cc1. The van der Waals surface area contributed by atoms with Crippen molar-refractivity contribution in [3.8, 4) is 11.1 Å². The molecule has 1 N–H and O–H groups in total. The van der Waals surface area contributed by atoms with E-state index in [1.807, 2.05) is 44.2 Å². The van der Waals surface area contributed by atoms with Gasteiger partial charge >= 0.3 is 5.97 Å². The van der Waals surface area contributed by atoms with Crippen LogP contribution >= 0.6 is 0 Å². The number of rotatable bonds is 3. The lowest BCUT2D eigenvalue weighted by molar-refractivity contribution is -0.143. The zero-order chi connectivity index (χ0) is 18.0. The van der Waals surface area contributed by atoms with E-state index in [-0.39, 0.29) is 18.5 Å². The summed E-state index contributed by atoms with van der Waals surface area (Å²) in [5.74, 6) is -1.48. The van der Waals surface area contributed by atoms with Gasteiger partial charge in [-0.05, 0) is 38.3 Å². The van der Waals surface area contributed by atoms with Gasteiger partial charge in [0.1, 0.15) is 0 Å². The van der Waals surface area contributed by atoms with Crippen molar-refractivity contribution >= 4 is 11.9 Å². The summed E-state index contributed by atoms with van der Waals surface area (Å²) in [6, 6.07) is 9.92. The lowest BCUT2D eigenvalue weighted by Gasteiger charge is -2.36. The summed E-state index contributed by atoms with van der Waals surface area (Å²) < 4.78 is 0. The number of likely N-dealkylation sites (tertiary alicyclic amines) is 1. The summed E-state index contributed by atoms with van der Waals surface area (Å²) in [5, 5.41) is 9.26. The van der Waals surface area contributed by atoms with E-state index in [1.54, 1.807) is 17.3 Å². The number of nitrogens with zero attached hydrogens (tertiary/aromatic N) is 2. The molecular formula is C20H22N2O3. The minimum Gasteiger partial charge on any atom is -0.481 e. The zero-order valence-corrected chi connectivity index (χ0v) is 14.5. The highest BCUT2D eigenvalue weighted by Crippen LogP contribution is 2.25. The van der Waals surface area contributed by atoms with Crippen molar-refractivity contribution in [1.29, 1.82) is 0 Å². The Morgan fingerprint density at radius 2 is 1.84 bits per heavy atom. The van der Waals surface area contributed by atoms with Crippen molar-refractivity contribution in [3.05, 3.63) is 53.9 Å². The van der Waals surface area contributed by atoms with Crippen LogP contribution in [0.5, 0.6) is 0 Å². The Kier molecular flexibility index (Phi) is 4.83. The molecule has 1 aromatic carbocycles. The molecule has 1 saturated heterocycles. The van der Waals surface area contributed by atoms with Crippen LogP contribution in [0.2, 0.25) is 0 Å². The molecule has 1 fully saturated rings. The first-order chi connectivity index (χ1) is 12.0. The van der Waals surface area contributed by atoms with E-state index in [1.165, 1.54) is 5.56 Å². The molecule has 2 unspecified atom stereocenters. The van der Waals surface area contributed by atoms with Crippen LogP contribution in [0.4, 0.5) is 0 Å². The predicted molar refractivity (Wildman–Crippen MR) is 95.3 cm³/mol. The van der Waals surface area contributed by atoms with Crippen LogP contribution in [-0.2, 0) is 4.79 Å². The van der Waals surface area contributed by atoms with Crippen molar-refractivity contribution in [2.75, 3.05) is 6.54 Å². The molecule has 1 aliphatic heterocycles. The number of hydrogen-bond acceptors (Lipinski definition) is 3. The number of pyridine rings is 1. The Labute approximate surface area is 147 Å². The smallest absolute Gasteiger partial charge is 0.308 e. The number of aliphatic carboxylic acids is 1. The van der Waals surface area contributed by atoms with Gasteiger partial charge in [0.25, 0.3) is 5.91 Å². The van der Waals surface area contributed by atoms with Gasteiger partial charge in [0.05, 0.1) is 11.5 Å². The third kappa shape index (κ3) is 3.71. The Morgan fingerprint density at radius 1 is 1.12 bits per heavy atom. The summed E-state index contributed by atoms with van der Waals surface area (Å²) in [6.45, 7) is 4.25. The molecular weight excluding hydrogens is 316 g/mol. The molecule has 0 spiro atoms. The summed E-state index contributed by atoms with van der Waals surface area (Å²) >= 11 is 0. The summed E-state index contributed by atoms with van der Waals surface area (Å²) in [5.41, 5.74) is 3.55. The van der Waals surface area contributed by atoms with E-state index in [2.05, 4.69) is 4.98 Å². The van der Waals surface area contributed by atoms with E-state index in [9.17, 15) is 14.7 Å². The summed E-state index contributed by atoms with van der Waals surface area (Å²) in [7, 11) is 0. The molecule has 1 aliphatic rings. The molecule has 0 aliphatic carbocycles. The Morgan fingerprint density at radius 3 is 2.52 bits per heavy atom. The largest absolute Gasteiger partial charge is 0.481 e. The van der Waals surface area contributed by atoms with Gasteiger partial charge < -0.3 is 10.0 Å². The third-order valence-electron chi connectivity index (χ3n) is 4.86. The minimum absolute atomic E-state index is 0.0335. The lowest BCUT2D eigenvalue weighted by Crippen LogP contribution is -2.47. The first kappa shape index (κ1) is 17.1. The molecule has 0 saturated carbocycles. The number of aryl methyl sites for hydroxylation is 1. The topological polar surface area (TPSA) is 70.5 Å². The lowest BCUT2D eigenvalue weighted by atomic mass is 9.93. The van der Waals surface area contributed by atoms with Crippen LogP contribution in [-0.4, -0.2) is 39.5 Å². The fourth-order valence-electron chi connectivity index (χ4n) is 3.22. The molecule has 1 aromatic heterocycles. The van der Waals surface area contributed by atoms with E-state index in [0.717, 1.165) is 11.1 Å². The van der Waals surface area contributed by atoms with Crippen molar-refractivity contribution in [1.82, 2.24) is 9.88 Å². The van der Waals surface area contributed by atoms with Gasteiger partial charge in [0, 0.05) is 30.5 Å². The number of amides is 1. The van der Waals surface area contributed by atoms with Gasteiger partial charge in [-0.2, -0.15) is 0 Å². The van der Waals surface area contributed by atoms with E-state index in [4.69, 9.17) is 0 Å². The normalized spacial score (nSPS) is 20.3. The maximum Gasteiger partial charge on any atom is 0.308 e. The number of aromatic nitrogens is 1.